The third-order valence-corrected chi connectivity index (χ3v) is 9.32. The zero-order valence-electron chi connectivity index (χ0n) is 27.8. The van der Waals surface area contributed by atoms with Crippen LogP contribution < -0.4 is 10.2 Å². The number of hydroxylamine groups is 2. The van der Waals surface area contributed by atoms with Gasteiger partial charge in [-0.25, -0.2) is 19.6 Å². The molecule has 2 amide bonds. The summed E-state index contributed by atoms with van der Waals surface area (Å²) < 4.78 is 11.7. The van der Waals surface area contributed by atoms with Crippen molar-refractivity contribution in [3.63, 3.8) is 0 Å². The molecule has 0 aliphatic carbocycles. The molecule has 0 bridgehead atoms. The third kappa shape index (κ3) is 7.01. The number of carbonyl (C=O) groups is 2. The monoisotopic (exact) mass is 643 g/mol. The first-order chi connectivity index (χ1) is 22.6. The van der Waals surface area contributed by atoms with Crippen LogP contribution in [0.5, 0.6) is 0 Å². The van der Waals surface area contributed by atoms with Crippen LogP contribution >= 0.6 is 0 Å². The van der Waals surface area contributed by atoms with Crippen LogP contribution in [0, 0.1) is 11.3 Å². The third-order valence-electron chi connectivity index (χ3n) is 9.32. The number of carbonyl (C=O) groups excluding carboxylic acids is 2. The van der Waals surface area contributed by atoms with Gasteiger partial charge in [-0.1, -0.05) is 36.4 Å². The van der Waals surface area contributed by atoms with Crippen molar-refractivity contribution < 1.29 is 23.9 Å². The topological polar surface area (TPSA) is 123 Å². The summed E-state index contributed by atoms with van der Waals surface area (Å²) in [5.41, 5.74) is 1.68. The van der Waals surface area contributed by atoms with Crippen molar-refractivity contribution in [1.82, 2.24) is 20.2 Å². The van der Waals surface area contributed by atoms with Crippen LogP contribution in [0.3, 0.4) is 0 Å². The summed E-state index contributed by atoms with van der Waals surface area (Å²) in [6.07, 6.45) is 1.63. The molecule has 250 valence electrons. The molecule has 12 heteroatoms. The number of piperazine rings is 1. The zero-order chi connectivity index (χ0) is 33.2. The molecular formula is C35H45N7O5. The largest absolute Gasteiger partial charge is 0.444 e. The van der Waals surface area contributed by atoms with Gasteiger partial charge < -0.3 is 29.5 Å². The van der Waals surface area contributed by atoms with Gasteiger partial charge >= 0.3 is 12.2 Å². The van der Waals surface area contributed by atoms with E-state index in [2.05, 4.69) is 52.7 Å². The molecule has 0 radical (unpaired) electrons. The highest BCUT2D eigenvalue weighted by Crippen LogP contribution is 2.36. The van der Waals surface area contributed by atoms with Crippen molar-refractivity contribution in [1.29, 1.82) is 5.26 Å². The molecule has 4 aliphatic heterocycles. The summed E-state index contributed by atoms with van der Waals surface area (Å²) in [6.45, 7) is 11.5. The Balaban J connectivity index is 1.25. The average molecular weight is 644 g/mol. The Morgan fingerprint density at radius 1 is 1.11 bits per heavy atom. The van der Waals surface area contributed by atoms with E-state index < -0.39 is 17.2 Å². The maximum atomic E-state index is 13.4. The molecule has 4 aliphatic rings. The Morgan fingerprint density at radius 3 is 2.72 bits per heavy atom. The standard InChI is InChI=1S/C35H45N7O5/c1-34(2,3)47-33(44)41-18-8-15-35(41,4)23-45-42-24-38-31(46-32(43)40-20-17-37-21-26(40)13-16-36)28-14-19-39(22-30(28)42)29-12-7-10-25-9-5-6-11-27(25)29/h5-7,9-12,26,37H,8,13-15,17-24H2,1-4H3/t26?,35-/m0/s1. The van der Waals surface area contributed by atoms with Gasteiger partial charge in [-0.15, -0.1) is 0 Å². The quantitative estimate of drug-likeness (QED) is 0.479. The summed E-state index contributed by atoms with van der Waals surface area (Å²) in [5, 5.41) is 16.7. The van der Waals surface area contributed by atoms with Gasteiger partial charge in [0.15, 0.2) is 0 Å². The van der Waals surface area contributed by atoms with Gasteiger partial charge in [-0.2, -0.15) is 5.26 Å². The van der Waals surface area contributed by atoms with Crippen LogP contribution in [0.2, 0.25) is 0 Å². The van der Waals surface area contributed by atoms with Crippen LogP contribution in [-0.4, -0.2) is 103 Å². The van der Waals surface area contributed by atoms with E-state index in [1.165, 1.54) is 0 Å². The first-order valence-electron chi connectivity index (χ1n) is 16.5. The second-order valence-corrected chi connectivity index (χ2v) is 13.9. The maximum absolute atomic E-state index is 13.4. The molecule has 6 rings (SSSR count). The lowest BCUT2D eigenvalue weighted by atomic mass is 10.0. The van der Waals surface area contributed by atoms with E-state index in [4.69, 9.17) is 19.3 Å². The van der Waals surface area contributed by atoms with E-state index in [1.54, 1.807) is 14.9 Å². The number of anilines is 1. The average Bonchev–Trinajstić information content (AvgIpc) is 3.45. The van der Waals surface area contributed by atoms with Crippen LogP contribution in [0.15, 0.2) is 58.7 Å². The number of likely N-dealkylation sites (tertiary alicyclic amines) is 1. The number of ether oxygens (including phenoxy) is 2. The Kier molecular flexibility index (Phi) is 9.30. The van der Waals surface area contributed by atoms with Crippen molar-refractivity contribution in [3.8, 4) is 6.07 Å². The second kappa shape index (κ2) is 13.4. The van der Waals surface area contributed by atoms with E-state index in [0.717, 1.165) is 40.6 Å². The molecule has 2 saturated heterocycles. The number of hydrogen-bond donors (Lipinski definition) is 1. The Morgan fingerprint density at radius 2 is 1.91 bits per heavy atom. The molecule has 0 saturated carbocycles. The lowest BCUT2D eigenvalue weighted by molar-refractivity contribution is -0.159. The van der Waals surface area contributed by atoms with Gasteiger partial charge in [0.05, 0.1) is 42.9 Å². The van der Waals surface area contributed by atoms with Crippen LogP contribution in [0.4, 0.5) is 15.3 Å². The molecule has 47 heavy (non-hydrogen) atoms. The van der Waals surface area contributed by atoms with Crippen LogP contribution in [0.1, 0.15) is 53.4 Å². The molecule has 0 aromatic heterocycles. The van der Waals surface area contributed by atoms with E-state index in [1.807, 2.05) is 33.8 Å². The van der Waals surface area contributed by atoms with Gasteiger partial charge in [-0.05, 0) is 58.4 Å². The summed E-state index contributed by atoms with van der Waals surface area (Å²) in [6, 6.07) is 16.6. The fourth-order valence-corrected chi connectivity index (χ4v) is 6.87. The van der Waals surface area contributed by atoms with Crippen molar-refractivity contribution in [3.05, 3.63) is 53.7 Å². The summed E-state index contributed by atoms with van der Waals surface area (Å²) in [4.78, 5) is 43.5. The van der Waals surface area contributed by atoms with Gasteiger partial charge in [0.1, 0.15) is 12.3 Å². The van der Waals surface area contributed by atoms with E-state index in [-0.39, 0.29) is 31.8 Å². The number of nitriles is 1. The van der Waals surface area contributed by atoms with E-state index >= 15 is 0 Å². The number of aliphatic imine (C=N–C) groups is 1. The molecule has 2 fully saturated rings. The molecule has 4 heterocycles. The SMILES string of the molecule is CC(C)(C)OC(=O)N1CCC[C@@]1(C)CON1CN=C(OC(=O)N2CCNCC2CC#N)C2=C1CN(c1cccc3ccccc13)CC2. The lowest BCUT2D eigenvalue weighted by Crippen LogP contribution is -2.54. The molecule has 2 aromatic carbocycles. The lowest BCUT2D eigenvalue weighted by Gasteiger charge is -2.42. The van der Waals surface area contributed by atoms with Crippen LogP contribution in [0.25, 0.3) is 10.8 Å². The number of hydrogen-bond acceptors (Lipinski definition) is 10. The van der Waals surface area contributed by atoms with Crippen molar-refractivity contribution in [2.75, 3.05) is 57.4 Å². The Hall–Kier alpha value is -4.34. The molecule has 1 N–H and O–H groups in total. The molecule has 2 atom stereocenters. The number of nitrogens with zero attached hydrogens (tertiary/aromatic N) is 6. The number of benzene rings is 2. The number of nitrogens with one attached hydrogen (secondary N) is 1. The predicted octanol–water partition coefficient (Wildman–Crippen LogP) is 5.02. The molecule has 0 spiro atoms. The number of amides is 2. The Bertz CT molecular complexity index is 1610. The minimum atomic E-state index is -0.594. The molecule has 1 unspecified atom stereocenters. The minimum Gasteiger partial charge on any atom is -0.444 e. The Labute approximate surface area is 276 Å². The zero-order valence-corrected chi connectivity index (χ0v) is 27.8. The number of fused-ring (bicyclic) bond motifs is 1. The second-order valence-electron chi connectivity index (χ2n) is 13.9. The summed E-state index contributed by atoms with van der Waals surface area (Å²) in [7, 11) is 0. The van der Waals surface area contributed by atoms with E-state index in [0.29, 0.717) is 51.6 Å². The molecular weight excluding hydrogens is 598 g/mol. The highest BCUT2D eigenvalue weighted by atomic mass is 16.7. The summed E-state index contributed by atoms with van der Waals surface area (Å²) >= 11 is 0. The maximum Gasteiger partial charge on any atom is 0.416 e. The first kappa shape index (κ1) is 32.6. The van der Waals surface area contributed by atoms with Crippen molar-refractivity contribution >= 4 is 34.5 Å². The number of rotatable bonds is 5. The smallest absolute Gasteiger partial charge is 0.416 e. The van der Waals surface area contributed by atoms with Crippen molar-refractivity contribution in [2.24, 2.45) is 4.99 Å². The van der Waals surface area contributed by atoms with Gasteiger partial charge in [0.2, 0.25) is 5.90 Å². The predicted molar refractivity (Wildman–Crippen MR) is 179 cm³/mol. The van der Waals surface area contributed by atoms with Gasteiger partial charge in [0.25, 0.3) is 0 Å². The summed E-state index contributed by atoms with van der Waals surface area (Å²) in [5.74, 6) is 0.305. The highest BCUT2D eigenvalue weighted by Gasteiger charge is 2.43. The highest BCUT2D eigenvalue weighted by molar-refractivity contribution is 6.01. The van der Waals surface area contributed by atoms with Crippen molar-refractivity contribution in [2.45, 2.75) is 70.6 Å². The fourth-order valence-electron chi connectivity index (χ4n) is 6.87. The van der Waals surface area contributed by atoms with Crippen LogP contribution in [-0.2, 0) is 14.3 Å². The van der Waals surface area contributed by atoms with E-state index in [9.17, 15) is 14.9 Å². The first-order valence-corrected chi connectivity index (χ1v) is 16.5. The normalized spacial score (nSPS) is 23.4. The molecule has 12 nitrogen and oxygen atoms in total. The van der Waals surface area contributed by atoms with Gasteiger partial charge in [0, 0.05) is 49.4 Å². The molecule has 2 aromatic rings. The van der Waals surface area contributed by atoms with Gasteiger partial charge in [-0.3, -0.25) is 4.84 Å². The fraction of sp³-hybridized carbons (Fsp3) is 0.543. The minimum absolute atomic E-state index is 0.135.